The van der Waals surface area contributed by atoms with Gasteiger partial charge in [0.05, 0.1) is 6.04 Å². The van der Waals surface area contributed by atoms with Crippen LogP contribution in [0, 0.1) is 5.92 Å². The van der Waals surface area contributed by atoms with Gasteiger partial charge in [-0.1, -0.05) is 27.7 Å². The quantitative estimate of drug-likeness (QED) is 0.413. The van der Waals surface area contributed by atoms with Crippen LogP contribution in [0.25, 0.3) is 0 Å². The molecule has 0 aliphatic rings. The van der Waals surface area contributed by atoms with Gasteiger partial charge in [0.25, 0.3) is 0 Å². The lowest BCUT2D eigenvalue weighted by molar-refractivity contribution is 0.226. The van der Waals surface area contributed by atoms with Crippen LogP contribution in [0.1, 0.15) is 41.0 Å². The third kappa shape index (κ3) is 6.15. The van der Waals surface area contributed by atoms with Gasteiger partial charge in [-0.2, -0.15) is 0 Å². The first-order valence-electron chi connectivity index (χ1n) is 6.31. The lowest BCUT2D eigenvalue weighted by Gasteiger charge is -2.37. The Kier molecular flexibility index (Phi) is 6.31. The van der Waals surface area contributed by atoms with E-state index in [2.05, 4.69) is 45.8 Å². The third-order valence-electron chi connectivity index (χ3n) is 3.55. The highest BCUT2D eigenvalue weighted by Crippen LogP contribution is 2.36. The fraction of sp³-hybridized carbons (Fsp3) is 0.923. The second-order valence-corrected chi connectivity index (χ2v) is 11.3. The Balaban J connectivity index is 4.16. The van der Waals surface area contributed by atoms with E-state index in [9.17, 15) is 4.79 Å². The molecule has 0 spiro atoms. The average molecular weight is 257 g/mol. The summed E-state index contributed by atoms with van der Waals surface area (Å²) < 4.78 is 6.13. The van der Waals surface area contributed by atoms with Crippen molar-refractivity contribution in [3.8, 4) is 0 Å². The van der Waals surface area contributed by atoms with Crippen molar-refractivity contribution in [1.82, 2.24) is 0 Å². The van der Waals surface area contributed by atoms with Crippen LogP contribution in [-0.4, -0.2) is 27.0 Å². The Bertz CT molecular complexity index is 278. The Morgan fingerprint density at radius 1 is 1.29 bits per heavy atom. The second-order valence-electron chi connectivity index (χ2n) is 6.48. The molecule has 0 fully saturated rings. The lowest BCUT2D eigenvalue weighted by atomic mass is 10.0. The van der Waals surface area contributed by atoms with Crippen molar-refractivity contribution in [2.75, 3.05) is 6.61 Å². The average Bonchev–Trinajstić information content (AvgIpc) is 2.13. The van der Waals surface area contributed by atoms with E-state index in [1.54, 1.807) is 6.08 Å². The van der Waals surface area contributed by atoms with Crippen molar-refractivity contribution in [2.24, 2.45) is 10.9 Å². The van der Waals surface area contributed by atoms with Crippen LogP contribution < -0.4 is 0 Å². The van der Waals surface area contributed by atoms with Crippen molar-refractivity contribution < 1.29 is 9.22 Å². The van der Waals surface area contributed by atoms with Gasteiger partial charge in [0.1, 0.15) is 0 Å². The molecule has 0 saturated heterocycles. The summed E-state index contributed by atoms with van der Waals surface area (Å²) in [7, 11) is -1.65. The minimum Gasteiger partial charge on any atom is -0.417 e. The number of hydrogen-bond donors (Lipinski definition) is 0. The van der Waals surface area contributed by atoms with Crippen LogP contribution in [0.2, 0.25) is 18.1 Å². The zero-order chi connectivity index (χ0) is 13.7. The molecular weight excluding hydrogens is 230 g/mol. The van der Waals surface area contributed by atoms with Gasteiger partial charge in [0.2, 0.25) is 6.08 Å². The molecule has 2 atom stereocenters. The van der Waals surface area contributed by atoms with Crippen molar-refractivity contribution in [1.29, 1.82) is 0 Å². The van der Waals surface area contributed by atoms with Crippen LogP contribution in [-0.2, 0) is 9.22 Å². The zero-order valence-electron chi connectivity index (χ0n) is 12.3. The van der Waals surface area contributed by atoms with Gasteiger partial charge >= 0.3 is 0 Å². The molecule has 0 radical (unpaired) electrons. The lowest BCUT2D eigenvalue weighted by Crippen LogP contribution is -2.41. The summed E-state index contributed by atoms with van der Waals surface area (Å²) in [4.78, 5) is 13.8. The van der Waals surface area contributed by atoms with E-state index in [1.807, 2.05) is 6.92 Å². The summed E-state index contributed by atoms with van der Waals surface area (Å²) in [6.07, 6.45) is 2.49. The summed E-state index contributed by atoms with van der Waals surface area (Å²) in [6, 6.07) is 0.0468. The van der Waals surface area contributed by atoms with E-state index in [4.69, 9.17) is 4.43 Å². The Labute approximate surface area is 107 Å². The van der Waals surface area contributed by atoms with Crippen LogP contribution >= 0.6 is 0 Å². The molecule has 0 amide bonds. The molecule has 0 aliphatic heterocycles. The van der Waals surface area contributed by atoms with E-state index in [0.29, 0.717) is 5.92 Å². The fourth-order valence-corrected chi connectivity index (χ4v) is 2.49. The summed E-state index contributed by atoms with van der Waals surface area (Å²) in [5.74, 6) is 0.427. The maximum atomic E-state index is 10.1. The topological polar surface area (TPSA) is 38.7 Å². The summed E-state index contributed by atoms with van der Waals surface area (Å²) in [5, 5.41) is 0.249. The van der Waals surface area contributed by atoms with Gasteiger partial charge in [-0.25, -0.2) is 9.79 Å². The van der Waals surface area contributed by atoms with Gasteiger partial charge in [-0.05, 0) is 37.4 Å². The molecule has 0 aromatic heterocycles. The Morgan fingerprint density at radius 2 is 1.82 bits per heavy atom. The Hall–Kier alpha value is -0.443. The highest BCUT2D eigenvalue weighted by molar-refractivity contribution is 6.74. The van der Waals surface area contributed by atoms with Crippen LogP contribution in [0.3, 0.4) is 0 Å². The largest absolute Gasteiger partial charge is 0.417 e. The summed E-state index contributed by atoms with van der Waals surface area (Å²) in [5.41, 5.74) is 0. The predicted molar refractivity (Wildman–Crippen MR) is 74.5 cm³/mol. The number of carbonyl (C=O) groups excluding carboxylic acids is 1. The maximum Gasteiger partial charge on any atom is 0.235 e. The van der Waals surface area contributed by atoms with Crippen molar-refractivity contribution in [3.05, 3.63) is 0 Å². The standard InChI is InChI=1S/C13H27NO2Si/c1-11(8-12(2)14-10-15)9-16-17(6,7)13(3,4)5/h11-12H,8-9H2,1-7H3/t11-,12+/m1/s1. The molecule has 4 heteroatoms. The number of isocyanates is 1. The van der Waals surface area contributed by atoms with Crippen molar-refractivity contribution >= 4 is 14.4 Å². The van der Waals surface area contributed by atoms with Crippen molar-refractivity contribution in [2.45, 2.75) is 65.2 Å². The van der Waals surface area contributed by atoms with E-state index >= 15 is 0 Å². The first-order valence-corrected chi connectivity index (χ1v) is 9.22. The molecule has 0 bridgehead atoms. The second kappa shape index (κ2) is 6.48. The molecule has 0 heterocycles. The molecule has 0 aromatic rings. The summed E-state index contributed by atoms with van der Waals surface area (Å²) >= 11 is 0. The molecule has 0 aliphatic carbocycles. The smallest absolute Gasteiger partial charge is 0.235 e. The summed E-state index contributed by atoms with van der Waals surface area (Å²) in [6.45, 7) is 16.1. The van der Waals surface area contributed by atoms with Gasteiger partial charge in [-0.15, -0.1) is 0 Å². The first kappa shape index (κ1) is 16.6. The predicted octanol–water partition coefficient (Wildman–Crippen LogP) is 3.76. The van der Waals surface area contributed by atoms with E-state index < -0.39 is 8.32 Å². The molecule has 0 unspecified atom stereocenters. The van der Waals surface area contributed by atoms with Crippen LogP contribution in [0.15, 0.2) is 4.99 Å². The molecule has 17 heavy (non-hydrogen) atoms. The van der Waals surface area contributed by atoms with E-state index in [1.165, 1.54) is 0 Å². The Morgan fingerprint density at radius 3 is 2.24 bits per heavy atom. The molecule has 0 saturated carbocycles. The minimum absolute atomic E-state index is 0.0468. The highest BCUT2D eigenvalue weighted by atomic mass is 28.4. The number of rotatable bonds is 6. The minimum atomic E-state index is -1.65. The monoisotopic (exact) mass is 257 g/mol. The van der Waals surface area contributed by atoms with Gasteiger partial charge < -0.3 is 4.43 Å². The SMILES string of the molecule is C[C@@H](CO[Si](C)(C)C(C)(C)C)C[C@H](C)N=C=O. The van der Waals surface area contributed by atoms with E-state index in [-0.39, 0.29) is 11.1 Å². The fourth-order valence-electron chi connectivity index (χ4n) is 1.36. The number of aliphatic imine (C=N–C) groups is 1. The molecule has 0 rings (SSSR count). The van der Waals surface area contributed by atoms with Crippen LogP contribution in [0.4, 0.5) is 0 Å². The number of nitrogens with zero attached hydrogens (tertiary/aromatic N) is 1. The molecule has 100 valence electrons. The normalized spacial score (nSPS) is 16.2. The number of hydrogen-bond acceptors (Lipinski definition) is 3. The highest BCUT2D eigenvalue weighted by Gasteiger charge is 2.37. The molecular formula is C13H27NO2Si. The van der Waals surface area contributed by atoms with Crippen LogP contribution in [0.5, 0.6) is 0 Å². The van der Waals surface area contributed by atoms with Gasteiger partial charge in [-0.3, -0.25) is 0 Å². The molecule has 0 N–H and O–H groups in total. The third-order valence-corrected chi connectivity index (χ3v) is 8.05. The zero-order valence-corrected chi connectivity index (χ0v) is 13.3. The van der Waals surface area contributed by atoms with Crippen molar-refractivity contribution in [3.63, 3.8) is 0 Å². The van der Waals surface area contributed by atoms with E-state index in [0.717, 1.165) is 13.0 Å². The first-order chi connectivity index (χ1) is 7.60. The molecule has 0 aromatic carbocycles. The maximum absolute atomic E-state index is 10.1. The molecule has 3 nitrogen and oxygen atoms in total. The van der Waals surface area contributed by atoms with Gasteiger partial charge in [0, 0.05) is 6.61 Å². The van der Waals surface area contributed by atoms with Gasteiger partial charge in [0.15, 0.2) is 8.32 Å².